The summed E-state index contributed by atoms with van der Waals surface area (Å²) < 4.78 is 6.22. The van der Waals surface area contributed by atoms with E-state index < -0.39 is 24.2 Å². The molecule has 1 aromatic rings. The summed E-state index contributed by atoms with van der Waals surface area (Å²) in [4.78, 5) is 43.1. The summed E-state index contributed by atoms with van der Waals surface area (Å²) in [7, 11) is 0. The third kappa shape index (κ3) is 4.24. The van der Waals surface area contributed by atoms with E-state index >= 15 is 0 Å². The molecule has 5 rings (SSSR count). The van der Waals surface area contributed by atoms with Gasteiger partial charge in [0.25, 0.3) is 0 Å². The molecule has 0 aliphatic carbocycles. The van der Waals surface area contributed by atoms with Crippen molar-refractivity contribution in [3.05, 3.63) is 36.0 Å². The van der Waals surface area contributed by atoms with Crippen LogP contribution in [0.1, 0.15) is 45.1 Å². The molecule has 4 heterocycles. The van der Waals surface area contributed by atoms with Crippen molar-refractivity contribution < 1.29 is 19.1 Å². The van der Waals surface area contributed by atoms with E-state index in [1.807, 2.05) is 44.2 Å². The summed E-state index contributed by atoms with van der Waals surface area (Å²) >= 11 is 0. The van der Waals surface area contributed by atoms with Crippen LogP contribution in [0.4, 0.5) is 0 Å². The molecule has 4 aliphatic heterocycles. The van der Waals surface area contributed by atoms with E-state index in [2.05, 4.69) is 5.32 Å². The van der Waals surface area contributed by atoms with E-state index in [9.17, 15) is 14.4 Å². The first-order valence-corrected chi connectivity index (χ1v) is 11.5. The van der Waals surface area contributed by atoms with Gasteiger partial charge < -0.3 is 25.6 Å². The lowest BCUT2D eigenvalue weighted by Crippen LogP contribution is -2.58. The number of likely N-dealkylation sites (tertiary alicyclic amines) is 1. The number of benzene rings is 1. The molecule has 3 amide bonds. The van der Waals surface area contributed by atoms with Gasteiger partial charge in [-0.15, -0.1) is 0 Å². The number of ether oxygens (including phenoxy) is 1. The van der Waals surface area contributed by atoms with Crippen LogP contribution >= 0.6 is 0 Å². The third-order valence-corrected chi connectivity index (χ3v) is 6.93. The number of hydrogen-bond acceptors (Lipinski definition) is 5. The highest BCUT2D eigenvalue weighted by molar-refractivity contribution is 5.94. The minimum Gasteiger partial charge on any atom is -0.488 e. The number of fused-ring (bicyclic) bond motifs is 4. The molecule has 0 spiro atoms. The Morgan fingerprint density at radius 3 is 2.69 bits per heavy atom. The van der Waals surface area contributed by atoms with Crippen molar-refractivity contribution in [1.82, 2.24) is 15.1 Å². The molecule has 5 atom stereocenters. The van der Waals surface area contributed by atoms with Crippen LogP contribution in [0, 0.1) is 5.92 Å². The first kappa shape index (κ1) is 22.3. The van der Waals surface area contributed by atoms with Gasteiger partial charge >= 0.3 is 0 Å². The molecule has 2 saturated heterocycles. The maximum absolute atomic E-state index is 13.8. The quantitative estimate of drug-likeness (QED) is 0.741. The average molecular weight is 441 g/mol. The van der Waals surface area contributed by atoms with Gasteiger partial charge in [0.2, 0.25) is 17.7 Å². The summed E-state index contributed by atoms with van der Waals surface area (Å²) in [5.74, 6) is -0.0494. The van der Waals surface area contributed by atoms with Gasteiger partial charge in [0.05, 0.1) is 6.04 Å². The van der Waals surface area contributed by atoms with E-state index in [4.69, 9.17) is 10.5 Å². The number of rotatable bonds is 3. The van der Waals surface area contributed by atoms with Crippen molar-refractivity contribution in [3.8, 4) is 5.75 Å². The fourth-order valence-corrected chi connectivity index (χ4v) is 4.74. The lowest BCUT2D eigenvalue weighted by molar-refractivity contribution is -0.149. The summed E-state index contributed by atoms with van der Waals surface area (Å²) in [6.07, 6.45) is 5.55. The van der Waals surface area contributed by atoms with Crippen molar-refractivity contribution in [2.24, 2.45) is 11.7 Å². The van der Waals surface area contributed by atoms with Gasteiger partial charge in [-0.05, 0) is 42.5 Å². The molecule has 172 valence electrons. The molecule has 2 bridgehead atoms. The molecule has 0 saturated carbocycles. The number of carbonyl (C=O) groups excluding carboxylic acids is 3. The Morgan fingerprint density at radius 2 is 1.97 bits per heavy atom. The number of hydrogen-bond donors (Lipinski definition) is 2. The molecular formula is C24H32N4O4. The second-order valence-electron chi connectivity index (χ2n) is 8.93. The summed E-state index contributed by atoms with van der Waals surface area (Å²) in [6, 6.07) is 5.41. The van der Waals surface area contributed by atoms with Gasteiger partial charge in [-0.3, -0.25) is 14.4 Å². The van der Waals surface area contributed by atoms with E-state index in [1.165, 1.54) is 0 Å². The Hall–Kier alpha value is -2.87. The molecular weight excluding hydrogens is 408 g/mol. The van der Waals surface area contributed by atoms with Crippen molar-refractivity contribution in [2.45, 2.75) is 63.8 Å². The zero-order chi connectivity index (χ0) is 22.8. The summed E-state index contributed by atoms with van der Waals surface area (Å²) in [5.41, 5.74) is 7.18. The van der Waals surface area contributed by atoms with Crippen LogP contribution in [0.2, 0.25) is 0 Å². The third-order valence-electron chi connectivity index (χ3n) is 6.93. The van der Waals surface area contributed by atoms with Crippen LogP contribution in [0.25, 0.3) is 6.08 Å². The molecule has 3 N–H and O–H groups in total. The standard InChI is InChI=1S/C24H32N4O4/c1-3-15(2)20(25)23(30)28-14-11-19-21(28)24(31)27-13-4-5-18(27)22(29)26-12-10-16-6-8-17(32-19)9-7-16/h6-10,12,15,18-21H,3-5,11,13-14,25H2,1-2H3,(H,26,29)/b12-10-/t15-,18+,19-,20-,21+/m1/s1. The SMILES string of the molecule is CC[C@@H](C)[C@@H](N)C(=O)N1CC[C@H]2Oc3ccc(cc3)/C=C\NC(=O)[C@@H]3CCCN3C(=O)[C@H]21. The van der Waals surface area contributed by atoms with E-state index in [0.717, 1.165) is 18.4 Å². The molecule has 8 heteroatoms. The fourth-order valence-electron chi connectivity index (χ4n) is 4.74. The second kappa shape index (κ2) is 9.32. The lowest BCUT2D eigenvalue weighted by Gasteiger charge is -2.34. The van der Waals surface area contributed by atoms with Crippen LogP contribution in [0.3, 0.4) is 0 Å². The van der Waals surface area contributed by atoms with Gasteiger partial charge in [0.15, 0.2) is 0 Å². The number of nitrogens with two attached hydrogens (primary N) is 1. The predicted octanol–water partition coefficient (Wildman–Crippen LogP) is 1.50. The second-order valence-corrected chi connectivity index (χ2v) is 8.93. The van der Waals surface area contributed by atoms with E-state index in [-0.39, 0.29) is 23.6 Å². The molecule has 2 fully saturated rings. The van der Waals surface area contributed by atoms with Gasteiger partial charge in [0, 0.05) is 25.7 Å². The Morgan fingerprint density at radius 1 is 1.22 bits per heavy atom. The van der Waals surface area contributed by atoms with E-state index in [0.29, 0.717) is 31.7 Å². The Bertz CT molecular complexity index is 900. The van der Waals surface area contributed by atoms with Gasteiger partial charge in [0.1, 0.15) is 23.9 Å². The number of nitrogens with one attached hydrogen (secondary N) is 1. The smallest absolute Gasteiger partial charge is 0.249 e. The molecule has 32 heavy (non-hydrogen) atoms. The zero-order valence-corrected chi connectivity index (χ0v) is 18.7. The maximum atomic E-state index is 13.8. The topological polar surface area (TPSA) is 105 Å². The Kier molecular flexibility index (Phi) is 6.50. The van der Waals surface area contributed by atoms with Crippen LogP contribution in [0.15, 0.2) is 30.5 Å². The Balaban J connectivity index is 1.69. The lowest BCUT2D eigenvalue weighted by atomic mass is 9.98. The van der Waals surface area contributed by atoms with Crippen molar-refractivity contribution in [1.29, 1.82) is 0 Å². The van der Waals surface area contributed by atoms with Crippen molar-refractivity contribution in [2.75, 3.05) is 13.1 Å². The summed E-state index contributed by atoms with van der Waals surface area (Å²) in [6.45, 7) is 4.81. The highest BCUT2D eigenvalue weighted by Crippen LogP contribution is 2.30. The van der Waals surface area contributed by atoms with Crippen LogP contribution in [-0.4, -0.2) is 64.8 Å². The van der Waals surface area contributed by atoms with Crippen molar-refractivity contribution >= 4 is 23.8 Å². The normalized spacial score (nSPS) is 28.3. The highest BCUT2D eigenvalue weighted by atomic mass is 16.5. The number of carbonyl (C=O) groups is 3. The van der Waals surface area contributed by atoms with Gasteiger partial charge in [-0.2, -0.15) is 0 Å². The number of nitrogens with zero attached hydrogens (tertiary/aromatic N) is 2. The van der Waals surface area contributed by atoms with Crippen LogP contribution in [-0.2, 0) is 14.4 Å². The van der Waals surface area contributed by atoms with Crippen LogP contribution in [0.5, 0.6) is 5.75 Å². The molecule has 1 aromatic carbocycles. The first-order valence-electron chi connectivity index (χ1n) is 11.5. The summed E-state index contributed by atoms with van der Waals surface area (Å²) in [5, 5.41) is 2.80. The average Bonchev–Trinajstić information content (AvgIpc) is 3.45. The van der Waals surface area contributed by atoms with Gasteiger partial charge in [-0.25, -0.2) is 0 Å². The molecule has 4 aliphatic rings. The number of amides is 3. The molecule has 0 aromatic heterocycles. The maximum Gasteiger partial charge on any atom is 0.249 e. The largest absolute Gasteiger partial charge is 0.488 e. The minimum atomic E-state index is -0.802. The predicted molar refractivity (Wildman–Crippen MR) is 120 cm³/mol. The van der Waals surface area contributed by atoms with E-state index in [1.54, 1.807) is 16.0 Å². The van der Waals surface area contributed by atoms with Gasteiger partial charge in [-0.1, -0.05) is 32.4 Å². The highest BCUT2D eigenvalue weighted by Gasteiger charge is 2.49. The first-order chi connectivity index (χ1) is 15.4. The molecule has 0 radical (unpaired) electrons. The van der Waals surface area contributed by atoms with Crippen LogP contribution < -0.4 is 15.8 Å². The fraction of sp³-hybridized carbons (Fsp3) is 0.542. The zero-order valence-electron chi connectivity index (χ0n) is 18.7. The minimum absolute atomic E-state index is 0.000670. The monoisotopic (exact) mass is 440 g/mol. The van der Waals surface area contributed by atoms with Crippen molar-refractivity contribution in [3.63, 3.8) is 0 Å². The molecule has 8 nitrogen and oxygen atoms in total. The molecule has 0 unspecified atom stereocenters. The Labute approximate surface area is 188 Å².